The van der Waals surface area contributed by atoms with Crippen molar-refractivity contribution in [1.29, 1.82) is 0 Å². The van der Waals surface area contributed by atoms with Gasteiger partial charge in [-0.05, 0) is 12.8 Å². The summed E-state index contributed by atoms with van der Waals surface area (Å²) in [6.45, 7) is 2.09. The van der Waals surface area contributed by atoms with Crippen LogP contribution in [0.5, 0.6) is 0 Å². The molecular formula is C11H16F3NO3. The zero-order chi connectivity index (χ0) is 14.1. The number of carbonyl (C=O) groups is 2. The Morgan fingerprint density at radius 1 is 1.33 bits per heavy atom. The minimum atomic E-state index is -4.49. The molecule has 1 N–H and O–H groups in total. The Kier molecular flexibility index (Phi) is 3.92. The van der Waals surface area contributed by atoms with Crippen molar-refractivity contribution in [2.45, 2.75) is 45.3 Å². The number of hydrogen-bond donors (Lipinski definition) is 1. The van der Waals surface area contributed by atoms with Crippen LogP contribution in [0, 0.1) is 5.41 Å². The molecule has 18 heavy (non-hydrogen) atoms. The van der Waals surface area contributed by atoms with E-state index < -0.39 is 35.9 Å². The molecule has 1 aliphatic rings. The molecule has 1 rings (SSSR count). The fraction of sp³-hybridized carbons (Fsp3) is 0.818. The third-order valence-corrected chi connectivity index (χ3v) is 3.22. The summed E-state index contributed by atoms with van der Waals surface area (Å²) in [5.41, 5.74) is -2.14. The second kappa shape index (κ2) is 4.78. The van der Waals surface area contributed by atoms with Crippen LogP contribution in [0.3, 0.4) is 0 Å². The first-order valence-electron chi connectivity index (χ1n) is 5.65. The van der Waals surface area contributed by atoms with E-state index in [0.717, 1.165) is 18.7 Å². The number of likely N-dealkylation sites (tertiary alicyclic amines) is 1. The van der Waals surface area contributed by atoms with Gasteiger partial charge in [-0.2, -0.15) is 13.2 Å². The molecule has 1 aliphatic heterocycles. The second-order valence-electron chi connectivity index (χ2n) is 5.14. The lowest BCUT2D eigenvalue weighted by Crippen LogP contribution is -2.44. The Morgan fingerprint density at radius 3 is 2.33 bits per heavy atom. The molecule has 1 atom stereocenters. The van der Waals surface area contributed by atoms with Crippen molar-refractivity contribution in [1.82, 2.24) is 4.90 Å². The maximum Gasteiger partial charge on any atom is 0.394 e. The quantitative estimate of drug-likeness (QED) is 0.851. The SMILES string of the molecule is CC(C)(CC(=O)N1CCC[C@H]1C(=O)O)C(F)(F)F. The molecule has 1 saturated heterocycles. The minimum absolute atomic E-state index is 0.212. The molecule has 0 aliphatic carbocycles. The molecule has 0 saturated carbocycles. The zero-order valence-corrected chi connectivity index (χ0v) is 10.3. The van der Waals surface area contributed by atoms with Gasteiger partial charge in [0.25, 0.3) is 0 Å². The Hall–Kier alpha value is -1.27. The van der Waals surface area contributed by atoms with Crippen LogP contribution in [0.15, 0.2) is 0 Å². The number of alkyl halides is 3. The number of rotatable bonds is 3. The van der Waals surface area contributed by atoms with E-state index >= 15 is 0 Å². The fourth-order valence-corrected chi connectivity index (χ4v) is 1.90. The van der Waals surface area contributed by atoms with E-state index in [1.54, 1.807) is 0 Å². The van der Waals surface area contributed by atoms with Gasteiger partial charge in [0.2, 0.25) is 5.91 Å². The Balaban J connectivity index is 2.74. The number of amides is 1. The Bertz CT molecular complexity index is 352. The lowest BCUT2D eigenvalue weighted by molar-refractivity contribution is -0.215. The number of carboxylic acids is 1. The standard InChI is InChI=1S/C11H16F3NO3/c1-10(2,11(12,13)14)6-8(16)15-5-3-4-7(15)9(17)18/h7H,3-6H2,1-2H3,(H,17,18)/t7-/m0/s1. The molecule has 1 heterocycles. The van der Waals surface area contributed by atoms with Gasteiger partial charge in [-0.1, -0.05) is 13.8 Å². The van der Waals surface area contributed by atoms with Gasteiger partial charge in [0, 0.05) is 13.0 Å². The van der Waals surface area contributed by atoms with Crippen LogP contribution in [0.1, 0.15) is 33.1 Å². The summed E-state index contributed by atoms with van der Waals surface area (Å²) in [7, 11) is 0. The highest BCUT2D eigenvalue weighted by molar-refractivity contribution is 5.84. The van der Waals surface area contributed by atoms with Gasteiger partial charge in [0.15, 0.2) is 0 Å². The van der Waals surface area contributed by atoms with E-state index in [0.29, 0.717) is 12.8 Å². The predicted molar refractivity (Wildman–Crippen MR) is 56.8 cm³/mol. The van der Waals surface area contributed by atoms with Crippen LogP contribution in [0.2, 0.25) is 0 Å². The van der Waals surface area contributed by atoms with E-state index in [9.17, 15) is 22.8 Å². The molecule has 104 valence electrons. The number of carbonyl (C=O) groups excluding carboxylic acids is 1. The van der Waals surface area contributed by atoms with Crippen molar-refractivity contribution >= 4 is 11.9 Å². The average molecular weight is 267 g/mol. The number of carboxylic acid groups (broad SMARTS) is 1. The van der Waals surface area contributed by atoms with Crippen molar-refractivity contribution in [3.63, 3.8) is 0 Å². The van der Waals surface area contributed by atoms with Crippen molar-refractivity contribution in [3.05, 3.63) is 0 Å². The monoisotopic (exact) mass is 267 g/mol. The fourth-order valence-electron chi connectivity index (χ4n) is 1.90. The largest absolute Gasteiger partial charge is 0.480 e. The van der Waals surface area contributed by atoms with Gasteiger partial charge in [-0.3, -0.25) is 4.79 Å². The maximum absolute atomic E-state index is 12.6. The highest BCUT2D eigenvalue weighted by Gasteiger charge is 2.49. The topological polar surface area (TPSA) is 57.6 Å². The van der Waals surface area contributed by atoms with Gasteiger partial charge in [0.1, 0.15) is 6.04 Å². The molecule has 0 aromatic heterocycles. The molecule has 0 spiro atoms. The van der Waals surface area contributed by atoms with Gasteiger partial charge in [0.05, 0.1) is 5.41 Å². The lowest BCUT2D eigenvalue weighted by Gasteiger charge is -2.30. The summed E-state index contributed by atoms with van der Waals surface area (Å²) in [6, 6.07) is -0.985. The first kappa shape index (κ1) is 14.8. The molecule has 1 fully saturated rings. The first-order valence-corrected chi connectivity index (χ1v) is 5.65. The van der Waals surface area contributed by atoms with Crippen molar-refractivity contribution in [3.8, 4) is 0 Å². The maximum atomic E-state index is 12.6. The minimum Gasteiger partial charge on any atom is -0.480 e. The number of hydrogen-bond acceptors (Lipinski definition) is 2. The van der Waals surface area contributed by atoms with Gasteiger partial charge < -0.3 is 10.0 Å². The van der Waals surface area contributed by atoms with Gasteiger partial charge in [-0.25, -0.2) is 4.79 Å². The van der Waals surface area contributed by atoms with E-state index in [-0.39, 0.29) is 6.54 Å². The summed E-state index contributed by atoms with van der Waals surface area (Å²) in [5, 5.41) is 8.87. The first-order chi connectivity index (χ1) is 8.06. The molecule has 0 radical (unpaired) electrons. The zero-order valence-electron chi connectivity index (χ0n) is 10.3. The summed E-state index contributed by atoms with van der Waals surface area (Å²) < 4.78 is 37.9. The Labute approximate surface area is 103 Å². The normalized spacial score (nSPS) is 21.2. The molecule has 7 heteroatoms. The molecular weight excluding hydrogens is 251 g/mol. The van der Waals surface area contributed by atoms with Gasteiger partial charge >= 0.3 is 12.1 Å². The van der Waals surface area contributed by atoms with Crippen molar-refractivity contribution < 1.29 is 27.9 Å². The Morgan fingerprint density at radius 2 is 1.89 bits per heavy atom. The number of nitrogens with zero attached hydrogens (tertiary/aromatic N) is 1. The number of aliphatic carboxylic acids is 1. The summed E-state index contributed by atoms with van der Waals surface area (Å²) in [6.07, 6.45) is -4.40. The predicted octanol–water partition coefficient (Wildman–Crippen LogP) is 2.04. The third kappa shape index (κ3) is 2.94. The number of halogens is 3. The average Bonchev–Trinajstić information content (AvgIpc) is 2.62. The summed E-state index contributed by atoms with van der Waals surface area (Å²) in [5.74, 6) is -1.91. The van der Waals surface area contributed by atoms with E-state index in [1.165, 1.54) is 0 Å². The van der Waals surface area contributed by atoms with Crippen LogP contribution in [0.4, 0.5) is 13.2 Å². The van der Waals surface area contributed by atoms with Crippen LogP contribution in [-0.2, 0) is 9.59 Å². The molecule has 0 unspecified atom stereocenters. The van der Waals surface area contributed by atoms with E-state index in [1.807, 2.05) is 0 Å². The van der Waals surface area contributed by atoms with Crippen molar-refractivity contribution in [2.75, 3.05) is 6.54 Å². The van der Waals surface area contributed by atoms with Gasteiger partial charge in [-0.15, -0.1) is 0 Å². The highest BCUT2D eigenvalue weighted by atomic mass is 19.4. The van der Waals surface area contributed by atoms with Crippen LogP contribution < -0.4 is 0 Å². The molecule has 0 bridgehead atoms. The van der Waals surface area contributed by atoms with Crippen molar-refractivity contribution in [2.24, 2.45) is 5.41 Å². The molecule has 4 nitrogen and oxygen atoms in total. The van der Waals surface area contributed by atoms with Crippen LogP contribution >= 0.6 is 0 Å². The highest BCUT2D eigenvalue weighted by Crippen LogP contribution is 2.41. The molecule has 0 aromatic carbocycles. The van der Waals surface area contributed by atoms with E-state index in [4.69, 9.17) is 5.11 Å². The molecule has 1 amide bonds. The summed E-state index contributed by atoms with van der Waals surface area (Å²) >= 11 is 0. The summed E-state index contributed by atoms with van der Waals surface area (Å²) in [4.78, 5) is 23.7. The molecule has 0 aromatic rings. The van der Waals surface area contributed by atoms with Crippen LogP contribution in [0.25, 0.3) is 0 Å². The lowest BCUT2D eigenvalue weighted by atomic mass is 9.88. The smallest absolute Gasteiger partial charge is 0.394 e. The van der Waals surface area contributed by atoms with Crippen LogP contribution in [-0.4, -0.2) is 40.6 Å². The second-order valence-corrected chi connectivity index (χ2v) is 5.14. The van der Waals surface area contributed by atoms with E-state index in [2.05, 4.69) is 0 Å². The third-order valence-electron chi connectivity index (χ3n) is 3.22.